The highest BCUT2D eigenvalue weighted by atomic mass is 16.4. The molecule has 0 spiro atoms. The minimum Gasteiger partial charge on any atom is -0.548 e. The van der Waals surface area contributed by atoms with E-state index in [1.807, 2.05) is 36.4 Å². The lowest BCUT2D eigenvalue weighted by Crippen LogP contribution is -2.52. The first kappa shape index (κ1) is 15.6. The number of benzene rings is 1. The van der Waals surface area contributed by atoms with Gasteiger partial charge in [0.25, 0.3) is 0 Å². The zero-order valence-electron chi connectivity index (χ0n) is 13.5. The third kappa shape index (κ3) is 2.45. The number of carbonyl (C=O) groups is 3. The number of para-hydroxylation sites is 1. The number of nitrogens with one attached hydrogen (secondary N) is 1. The van der Waals surface area contributed by atoms with Crippen molar-refractivity contribution in [3.8, 4) is 0 Å². The van der Waals surface area contributed by atoms with Crippen LogP contribution in [0.3, 0.4) is 0 Å². The van der Waals surface area contributed by atoms with Gasteiger partial charge in [-0.2, -0.15) is 0 Å². The Morgan fingerprint density at radius 2 is 1.80 bits per heavy atom. The van der Waals surface area contributed by atoms with Gasteiger partial charge in [-0.15, -0.1) is 0 Å². The molecule has 4 rings (SSSR count). The lowest BCUT2D eigenvalue weighted by atomic mass is 9.85. The molecule has 2 aliphatic rings. The van der Waals surface area contributed by atoms with E-state index in [4.69, 9.17) is 0 Å². The van der Waals surface area contributed by atoms with Crippen molar-refractivity contribution in [1.29, 1.82) is 0 Å². The number of fused-ring (bicyclic) bond motifs is 2. The van der Waals surface area contributed by atoms with Gasteiger partial charge in [-0.25, -0.2) is 0 Å². The molecule has 1 fully saturated rings. The summed E-state index contributed by atoms with van der Waals surface area (Å²) in [6, 6.07) is 6.22. The molecule has 2 aromatic rings. The number of amides is 2. The summed E-state index contributed by atoms with van der Waals surface area (Å²) in [5, 5.41) is 12.6. The average molecular weight is 337 g/mol. The number of carboxylic acid groups (broad SMARTS) is 1. The van der Waals surface area contributed by atoms with Crippen molar-refractivity contribution < 1.29 is 19.5 Å². The van der Waals surface area contributed by atoms with E-state index in [-0.39, 0.29) is 6.42 Å². The topological polar surface area (TPSA) is 93.3 Å². The average Bonchev–Trinajstić information content (AvgIpc) is 3.13. The minimum absolute atomic E-state index is 0.0384. The normalized spacial score (nSPS) is 23.9. The molecule has 0 saturated carbocycles. The SMILES string of the molecule is O=C([O-])[C@@H](Cc1c[nH]c2ccccc12)N1C(=O)[C@H]2CC=CC[C@H]2C1=O. The van der Waals surface area contributed by atoms with Gasteiger partial charge < -0.3 is 14.9 Å². The van der Waals surface area contributed by atoms with E-state index < -0.39 is 35.7 Å². The number of carboxylic acids is 1. The van der Waals surface area contributed by atoms with Gasteiger partial charge in [-0.3, -0.25) is 14.5 Å². The first-order valence-corrected chi connectivity index (χ1v) is 8.35. The number of H-pyrrole nitrogens is 1. The first-order chi connectivity index (χ1) is 12.1. The molecule has 1 aliphatic heterocycles. The molecule has 1 aliphatic carbocycles. The molecule has 1 saturated heterocycles. The van der Waals surface area contributed by atoms with E-state index in [0.717, 1.165) is 21.4 Å². The number of hydrogen-bond acceptors (Lipinski definition) is 4. The van der Waals surface area contributed by atoms with Gasteiger partial charge in [-0.05, 0) is 24.5 Å². The van der Waals surface area contributed by atoms with Crippen LogP contribution in [-0.2, 0) is 20.8 Å². The first-order valence-electron chi connectivity index (χ1n) is 8.35. The molecule has 1 N–H and O–H groups in total. The Labute approximate surface area is 144 Å². The second kappa shape index (κ2) is 5.88. The molecule has 0 radical (unpaired) electrons. The molecule has 1 aromatic carbocycles. The van der Waals surface area contributed by atoms with E-state index in [0.29, 0.717) is 12.8 Å². The summed E-state index contributed by atoms with van der Waals surface area (Å²) in [6.07, 6.45) is 6.49. The Kier molecular flexibility index (Phi) is 3.67. The lowest BCUT2D eigenvalue weighted by Gasteiger charge is -2.27. The largest absolute Gasteiger partial charge is 0.548 e. The molecular formula is C19H17N2O4-. The highest BCUT2D eigenvalue weighted by Gasteiger charge is 2.49. The summed E-state index contributed by atoms with van der Waals surface area (Å²) >= 11 is 0. The number of rotatable bonds is 4. The smallest absolute Gasteiger partial charge is 0.234 e. The van der Waals surface area contributed by atoms with E-state index >= 15 is 0 Å². The molecule has 0 bridgehead atoms. The lowest BCUT2D eigenvalue weighted by molar-refractivity contribution is -0.310. The maximum atomic E-state index is 12.7. The van der Waals surface area contributed by atoms with Gasteiger partial charge >= 0.3 is 0 Å². The van der Waals surface area contributed by atoms with Crippen LogP contribution in [0.4, 0.5) is 0 Å². The van der Waals surface area contributed by atoms with Crippen molar-refractivity contribution in [3.63, 3.8) is 0 Å². The summed E-state index contributed by atoms with van der Waals surface area (Å²) in [5.74, 6) is -3.08. The Hall–Kier alpha value is -2.89. The number of imide groups is 1. The number of carbonyl (C=O) groups excluding carboxylic acids is 3. The number of aromatic amines is 1. The number of aromatic nitrogens is 1. The number of hydrogen-bond donors (Lipinski definition) is 1. The van der Waals surface area contributed by atoms with Crippen molar-refractivity contribution in [1.82, 2.24) is 9.88 Å². The Morgan fingerprint density at radius 3 is 2.44 bits per heavy atom. The minimum atomic E-state index is -1.40. The number of nitrogens with zero attached hydrogens (tertiary/aromatic N) is 1. The highest BCUT2D eigenvalue weighted by Crippen LogP contribution is 2.36. The van der Waals surface area contributed by atoms with Gasteiger partial charge in [0.15, 0.2) is 0 Å². The van der Waals surface area contributed by atoms with Crippen LogP contribution in [-0.4, -0.2) is 33.7 Å². The van der Waals surface area contributed by atoms with Gasteiger partial charge in [0.2, 0.25) is 11.8 Å². The molecule has 0 unspecified atom stereocenters. The Bertz CT molecular complexity index is 872. The van der Waals surface area contributed by atoms with Gasteiger partial charge in [-0.1, -0.05) is 30.4 Å². The van der Waals surface area contributed by atoms with Crippen molar-refractivity contribution in [2.45, 2.75) is 25.3 Å². The number of allylic oxidation sites excluding steroid dienone is 2. The van der Waals surface area contributed by atoms with Crippen molar-refractivity contribution in [3.05, 3.63) is 48.2 Å². The van der Waals surface area contributed by atoms with Crippen LogP contribution < -0.4 is 5.11 Å². The van der Waals surface area contributed by atoms with Crippen molar-refractivity contribution in [2.24, 2.45) is 11.8 Å². The Balaban J connectivity index is 1.67. The Morgan fingerprint density at radius 1 is 1.16 bits per heavy atom. The van der Waals surface area contributed by atoms with Crippen LogP contribution in [0.1, 0.15) is 18.4 Å². The summed E-state index contributed by atoms with van der Waals surface area (Å²) < 4.78 is 0. The standard InChI is InChI=1S/C19H18N2O4/c22-17-13-6-1-2-7-14(13)18(23)21(17)16(19(24)25)9-11-10-20-15-8-4-3-5-12(11)15/h1-5,8,10,13-14,16,20H,6-7,9H2,(H,24,25)/p-1/t13-,14+,16-/m1/s1. The third-order valence-corrected chi connectivity index (χ3v) is 5.21. The maximum Gasteiger partial charge on any atom is 0.234 e. The third-order valence-electron chi connectivity index (χ3n) is 5.21. The summed E-state index contributed by atoms with van der Waals surface area (Å²) in [6.45, 7) is 0. The van der Waals surface area contributed by atoms with Crippen LogP contribution in [0.2, 0.25) is 0 Å². The van der Waals surface area contributed by atoms with Gasteiger partial charge in [0, 0.05) is 23.5 Å². The van der Waals surface area contributed by atoms with Crippen LogP contribution >= 0.6 is 0 Å². The van der Waals surface area contributed by atoms with Crippen molar-refractivity contribution in [2.75, 3.05) is 0 Å². The zero-order chi connectivity index (χ0) is 17.6. The summed E-state index contributed by atoms with van der Waals surface area (Å²) in [4.78, 5) is 41.1. The highest BCUT2D eigenvalue weighted by molar-refractivity contribution is 6.08. The molecule has 25 heavy (non-hydrogen) atoms. The molecule has 2 heterocycles. The fourth-order valence-electron chi connectivity index (χ4n) is 3.92. The van der Waals surface area contributed by atoms with Crippen LogP contribution in [0, 0.1) is 11.8 Å². The molecule has 1 aromatic heterocycles. The van der Waals surface area contributed by atoms with Crippen LogP contribution in [0.5, 0.6) is 0 Å². The quantitative estimate of drug-likeness (QED) is 0.659. The molecule has 3 atom stereocenters. The molecular weight excluding hydrogens is 320 g/mol. The van der Waals surface area contributed by atoms with E-state index in [9.17, 15) is 19.5 Å². The fourth-order valence-corrected chi connectivity index (χ4v) is 3.92. The number of aliphatic carboxylic acids is 1. The number of likely N-dealkylation sites (tertiary alicyclic amines) is 1. The molecule has 6 nitrogen and oxygen atoms in total. The molecule has 6 heteroatoms. The van der Waals surface area contributed by atoms with E-state index in [2.05, 4.69) is 4.98 Å². The second-order valence-electron chi connectivity index (χ2n) is 6.60. The van der Waals surface area contributed by atoms with Crippen molar-refractivity contribution >= 4 is 28.7 Å². The van der Waals surface area contributed by atoms with Crippen LogP contribution in [0.25, 0.3) is 10.9 Å². The molecule has 128 valence electrons. The maximum absolute atomic E-state index is 12.7. The zero-order valence-corrected chi connectivity index (χ0v) is 13.5. The monoisotopic (exact) mass is 337 g/mol. The summed E-state index contributed by atoms with van der Waals surface area (Å²) in [7, 11) is 0. The predicted molar refractivity (Wildman–Crippen MR) is 88.0 cm³/mol. The van der Waals surface area contributed by atoms with Gasteiger partial charge in [0.1, 0.15) is 0 Å². The predicted octanol–water partition coefficient (Wildman–Crippen LogP) is 0.780. The van der Waals surface area contributed by atoms with E-state index in [1.54, 1.807) is 6.20 Å². The fraction of sp³-hybridized carbons (Fsp3) is 0.316. The molecule has 2 amide bonds. The summed E-state index contributed by atoms with van der Waals surface area (Å²) in [5.41, 5.74) is 1.63. The second-order valence-corrected chi connectivity index (χ2v) is 6.60. The van der Waals surface area contributed by atoms with Crippen LogP contribution in [0.15, 0.2) is 42.6 Å². The van der Waals surface area contributed by atoms with Gasteiger partial charge in [0.05, 0.1) is 23.8 Å². The van der Waals surface area contributed by atoms with E-state index in [1.165, 1.54) is 0 Å².